The third kappa shape index (κ3) is 0.762. The molecule has 0 aliphatic heterocycles. The fourth-order valence-corrected chi connectivity index (χ4v) is 4.10. The molecule has 0 saturated heterocycles. The van der Waals surface area contributed by atoms with Crippen molar-refractivity contribution in [3.63, 3.8) is 0 Å². The first kappa shape index (κ1) is 7.78. The van der Waals surface area contributed by atoms with E-state index in [1.54, 1.807) is 0 Å². The second kappa shape index (κ2) is 2.26. The van der Waals surface area contributed by atoms with E-state index in [4.69, 9.17) is 0 Å². The van der Waals surface area contributed by atoms with E-state index in [9.17, 15) is 4.79 Å². The van der Waals surface area contributed by atoms with Gasteiger partial charge in [-0.2, -0.15) is 0 Å². The zero-order valence-electron chi connectivity index (χ0n) is 8.01. The zero-order chi connectivity index (χ0) is 9.05. The maximum atomic E-state index is 11.6. The highest BCUT2D eigenvalue weighted by Gasteiger charge is 2.57. The third-order valence-corrected chi connectivity index (χ3v) is 4.78. The van der Waals surface area contributed by atoms with Crippen LogP contribution in [0, 0.1) is 17.3 Å². The standard InChI is InChI=1S/C12H16O/c1-8-11(13)7-10-9-3-2-5-12(8,10)6-4-9/h9-10H,1-7H2/t9-,10?,12-/m1/s1. The van der Waals surface area contributed by atoms with Gasteiger partial charge < -0.3 is 0 Å². The van der Waals surface area contributed by atoms with Crippen molar-refractivity contribution in [2.45, 2.75) is 38.5 Å². The SMILES string of the molecule is C=C1C(=O)CC2[C@@H]3CCC[C@@]12CC3. The zero-order valence-corrected chi connectivity index (χ0v) is 8.01. The molecule has 2 bridgehead atoms. The molecule has 1 unspecified atom stereocenters. The Morgan fingerprint density at radius 2 is 2.15 bits per heavy atom. The summed E-state index contributed by atoms with van der Waals surface area (Å²) >= 11 is 0. The van der Waals surface area contributed by atoms with Gasteiger partial charge in [0.25, 0.3) is 0 Å². The number of Topliss-reactive ketones (excluding diaryl/α,β-unsaturated/α-hetero) is 1. The molecule has 0 amide bonds. The summed E-state index contributed by atoms with van der Waals surface area (Å²) < 4.78 is 0. The van der Waals surface area contributed by atoms with Crippen molar-refractivity contribution in [3.8, 4) is 0 Å². The molecule has 13 heavy (non-hydrogen) atoms. The van der Waals surface area contributed by atoms with Crippen molar-refractivity contribution in [1.82, 2.24) is 0 Å². The molecule has 3 rings (SSSR count). The lowest BCUT2D eigenvalue weighted by atomic mass is 9.68. The van der Waals surface area contributed by atoms with E-state index in [0.717, 1.165) is 17.9 Å². The van der Waals surface area contributed by atoms with Crippen molar-refractivity contribution in [2.24, 2.45) is 17.3 Å². The van der Waals surface area contributed by atoms with Crippen LogP contribution in [0.25, 0.3) is 0 Å². The summed E-state index contributed by atoms with van der Waals surface area (Å²) in [5.74, 6) is 1.93. The second-order valence-corrected chi connectivity index (χ2v) is 5.06. The molecule has 1 nitrogen and oxygen atoms in total. The molecule has 3 atom stereocenters. The fourth-order valence-electron chi connectivity index (χ4n) is 4.10. The van der Waals surface area contributed by atoms with Crippen LogP contribution in [0.4, 0.5) is 0 Å². The van der Waals surface area contributed by atoms with Gasteiger partial charge in [0.2, 0.25) is 0 Å². The Morgan fingerprint density at radius 1 is 1.31 bits per heavy atom. The largest absolute Gasteiger partial charge is 0.295 e. The third-order valence-electron chi connectivity index (χ3n) is 4.78. The normalized spacial score (nSPS) is 48.3. The predicted molar refractivity (Wildman–Crippen MR) is 51.3 cm³/mol. The van der Waals surface area contributed by atoms with Crippen molar-refractivity contribution in [1.29, 1.82) is 0 Å². The molecule has 0 spiro atoms. The lowest BCUT2D eigenvalue weighted by Gasteiger charge is -2.35. The molecule has 3 fully saturated rings. The highest BCUT2D eigenvalue weighted by Crippen LogP contribution is 2.63. The van der Waals surface area contributed by atoms with Crippen LogP contribution in [0.3, 0.4) is 0 Å². The number of rotatable bonds is 0. The van der Waals surface area contributed by atoms with Crippen LogP contribution in [0.1, 0.15) is 38.5 Å². The van der Waals surface area contributed by atoms with Crippen molar-refractivity contribution in [3.05, 3.63) is 12.2 Å². The van der Waals surface area contributed by atoms with Crippen LogP contribution in [0.2, 0.25) is 0 Å². The number of carbonyl (C=O) groups excluding carboxylic acids is 1. The van der Waals surface area contributed by atoms with Gasteiger partial charge in [0, 0.05) is 11.8 Å². The Morgan fingerprint density at radius 3 is 2.92 bits per heavy atom. The molecule has 0 aromatic rings. The summed E-state index contributed by atoms with van der Waals surface area (Å²) in [4.78, 5) is 11.6. The van der Waals surface area contributed by atoms with Crippen LogP contribution < -0.4 is 0 Å². The van der Waals surface area contributed by atoms with E-state index in [2.05, 4.69) is 6.58 Å². The molecule has 3 aliphatic carbocycles. The molecule has 0 N–H and O–H groups in total. The predicted octanol–water partition coefficient (Wildman–Crippen LogP) is 2.71. The van der Waals surface area contributed by atoms with Crippen LogP contribution >= 0.6 is 0 Å². The van der Waals surface area contributed by atoms with Crippen molar-refractivity contribution >= 4 is 5.78 Å². The Bertz CT molecular complexity index is 287. The van der Waals surface area contributed by atoms with Crippen molar-refractivity contribution < 1.29 is 4.79 Å². The molecular formula is C12H16O. The quantitative estimate of drug-likeness (QED) is 0.519. The monoisotopic (exact) mass is 176 g/mol. The number of hydrogen-bond acceptors (Lipinski definition) is 1. The summed E-state index contributed by atoms with van der Waals surface area (Å²) in [5.41, 5.74) is 1.28. The molecule has 3 aliphatic rings. The first-order chi connectivity index (χ1) is 6.24. The Balaban J connectivity index is 2.08. The topological polar surface area (TPSA) is 17.1 Å². The van der Waals surface area contributed by atoms with Crippen LogP contribution in [0.5, 0.6) is 0 Å². The second-order valence-electron chi connectivity index (χ2n) is 5.06. The number of carbonyl (C=O) groups is 1. The van der Waals surface area contributed by atoms with E-state index < -0.39 is 0 Å². The first-order valence-corrected chi connectivity index (χ1v) is 5.47. The molecule has 3 saturated carbocycles. The van der Waals surface area contributed by atoms with Crippen molar-refractivity contribution in [2.75, 3.05) is 0 Å². The minimum atomic E-state index is 0.292. The molecule has 0 aromatic carbocycles. The lowest BCUT2D eigenvalue weighted by Crippen LogP contribution is -2.28. The number of hydrogen-bond donors (Lipinski definition) is 0. The number of allylic oxidation sites excluding steroid dienone is 1. The van der Waals surface area contributed by atoms with Gasteiger partial charge in [-0.05, 0) is 36.7 Å². The Kier molecular flexibility index (Phi) is 1.35. The van der Waals surface area contributed by atoms with E-state index >= 15 is 0 Å². The van der Waals surface area contributed by atoms with E-state index in [1.807, 2.05) is 0 Å². The Hall–Kier alpha value is -0.590. The van der Waals surface area contributed by atoms with Crippen LogP contribution in [-0.4, -0.2) is 5.78 Å². The maximum absolute atomic E-state index is 11.6. The average Bonchev–Trinajstić information content (AvgIpc) is 2.49. The summed E-state index contributed by atoms with van der Waals surface area (Å²) in [5, 5.41) is 0. The molecule has 0 heterocycles. The summed E-state index contributed by atoms with van der Waals surface area (Å²) in [6.07, 6.45) is 7.38. The number of ketones is 1. The van der Waals surface area contributed by atoms with Crippen LogP contribution in [-0.2, 0) is 4.79 Å². The average molecular weight is 176 g/mol. The minimum absolute atomic E-state index is 0.292. The maximum Gasteiger partial charge on any atom is 0.159 e. The van der Waals surface area contributed by atoms with Gasteiger partial charge in [-0.15, -0.1) is 0 Å². The molecule has 0 aromatic heterocycles. The first-order valence-electron chi connectivity index (χ1n) is 5.47. The van der Waals surface area contributed by atoms with Gasteiger partial charge in [-0.1, -0.05) is 19.4 Å². The van der Waals surface area contributed by atoms with E-state index in [0.29, 0.717) is 17.1 Å². The highest BCUT2D eigenvalue weighted by atomic mass is 16.1. The highest BCUT2D eigenvalue weighted by molar-refractivity contribution is 5.99. The minimum Gasteiger partial charge on any atom is -0.295 e. The van der Waals surface area contributed by atoms with Gasteiger partial charge >= 0.3 is 0 Å². The van der Waals surface area contributed by atoms with Gasteiger partial charge in [0.15, 0.2) is 5.78 Å². The summed E-state index contributed by atoms with van der Waals surface area (Å²) in [6.45, 7) is 4.04. The van der Waals surface area contributed by atoms with Gasteiger partial charge in [0.1, 0.15) is 0 Å². The Labute approximate surface area is 79.2 Å². The molecular weight excluding hydrogens is 160 g/mol. The lowest BCUT2D eigenvalue weighted by molar-refractivity contribution is -0.115. The van der Waals surface area contributed by atoms with E-state index in [1.165, 1.54) is 32.1 Å². The fraction of sp³-hybridized carbons (Fsp3) is 0.750. The van der Waals surface area contributed by atoms with Gasteiger partial charge in [0.05, 0.1) is 0 Å². The van der Waals surface area contributed by atoms with Gasteiger partial charge in [-0.3, -0.25) is 4.79 Å². The van der Waals surface area contributed by atoms with E-state index in [-0.39, 0.29) is 0 Å². The summed E-state index contributed by atoms with van der Waals surface area (Å²) in [6, 6.07) is 0. The smallest absolute Gasteiger partial charge is 0.159 e. The summed E-state index contributed by atoms with van der Waals surface area (Å²) in [7, 11) is 0. The molecule has 0 radical (unpaired) electrons. The molecule has 70 valence electrons. The molecule has 1 heteroatoms. The van der Waals surface area contributed by atoms with Crippen LogP contribution in [0.15, 0.2) is 12.2 Å². The van der Waals surface area contributed by atoms with Gasteiger partial charge in [-0.25, -0.2) is 0 Å².